The third-order valence-electron chi connectivity index (χ3n) is 10.4. The number of carboxylic acid groups (broad SMARTS) is 1. The summed E-state index contributed by atoms with van der Waals surface area (Å²) in [5, 5.41) is 11.7. The van der Waals surface area contributed by atoms with Crippen molar-refractivity contribution in [1.29, 1.82) is 0 Å². The fourth-order valence-corrected chi connectivity index (χ4v) is 6.31. The Morgan fingerprint density at radius 3 is 1.28 bits per heavy atom. The summed E-state index contributed by atoms with van der Waals surface area (Å²) in [6.07, 6.45) is 67.9. The lowest BCUT2D eigenvalue weighted by molar-refractivity contribution is -0.870. The van der Waals surface area contributed by atoms with Crippen molar-refractivity contribution < 1.29 is 42.9 Å². The predicted molar refractivity (Wildman–Crippen MR) is 287 cm³/mol. The summed E-state index contributed by atoms with van der Waals surface area (Å²) in [5.74, 6) is -2.38. The van der Waals surface area contributed by atoms with Gasteiger partial charge in [-0.05, 0) is 109 Å². The summed E-state index contributed by atoms with van der Waals surface area (Å²) in [6, 6.07) is 0. The number of carboxylic acids is 1. The molecule has 9 nitrogen and oxygen atoms in total. The first-order chi connectivity index (χ1) is 33.6. The zero-order chi connectivity index (χ0) is 50.6. The van der Waals surface area contributed by atoms with Gasteiger partial charge in [-0.3, -0.25) is 9.59 Å². The van der Waals surface area contributed by atoms with E-state index >= 15 is 0 Å². The summed E-state index contributed by atoms with van der Waals surface area (Å²) < 4.78 is 22.5. The molecule has 0 spiro atoms. The minimum Gasteiger partial charge on any atom is -0.545 e. The van der Waals surface area contributed by atoms with E-state index in [1.165, 1.54) is 12.8 Å². The van der Waals surface area contributed by atoms with Gasteiger partial charge < -0.3 is 33.3 Å². The Bertz CT molecular complexity index is 1590. The number of allylic oxidation sites excluding steroid dienone is 22. The SMILES string of the molecule is CC/C=C\C/C=C\C/C=C\C/C=C\C/C=C\C/C=C\C/C=C\C/C=C\C/C=C\C/C=C\CCCCC(=O)OC(COC(=O)CCCCCCC/C=C\CCCC)COC(OCC[N+](C)(C)C)C(=O)[O-]. The maximum atomic E-state index is 12.8. The molecule has 2 unspecified atom stereocenters. The van der Waals surface area contributed by atoms with Crippen LogP contribution in [0.1, 0.15) is 168 Å². The molecule has 0 saturated heterocycles. The molecule has 9 heteroatoms. The molecule has 0 rings (SSSR count). The molecule has 0 bridgehead atoms. The van der Waals surface area contributed by atoms with E-state index in [0.717, 1.165) is 116 Å². The van der Waals surface area contributed by atoms with Crippen LogP contribution in [-0.4, -0.2) is 82.3 Å². The van der Waals surface area contributed by atoms with Gasteiger partial charge in [0.15, 0.2) is 12.4 Å². The van der Waals surface area contributed by atoms with Crippen LogP contribution in [0, 0.1) is 0 Å². The van der Waals surface area contributed by atoms with Crippen molar-refractivity contribution in [1.82, 2.24) is 0 Å². The van der Waals surface area contributed by atoms with Crippen LogP contribution in [0.3, 0.4) is 0 Å². The first-order valence-electron chi connectivity index (χ1n) is 26.3. The third-order valence-corrected chi connectivity index (χ3v) is 10.4. The van der Waals surface area contributed by atoms with Crippen molar-refractivity contribution >= 4 is 17.9 Å². The number of rotatable bonds is 46. The molecular weight excluding hydrogens is 863 g/mol. The zero-order valence-electron chi connectivity index (χ0n) is 43.9. The number of hydrogen-bond donors (Lipinski definition) is 0. The van der Waals surface area contributed by atoms with Crippen LogP contribution in [0.2, 0.25) is 0 Å². The standard InChI is InChI=1S/C60H95NO8/c1-6-8-10-12-14-16-18-19-20-21-22-23-24-25-26-27-28-29-30-31-32-33-34-35-36-37-38-39-41-43-45-47-49-51-58(63)69-56(55-68-60(59(64)65)66-53-52-61(3,4)5)54-67-57(62)50-48-46-44-42-40-17-15-13-11-9-7-2/h8,10,13-16,19-20,22-23,25-26,28-29,31-32,34-35,37-38,41,43,56,60H,6-7,9,11-12,17-18,21,24,27,30,33,36,39-40,42,44-55H2,1-5H3/b10-8-,15-13-,16-14-,20-19-,23-22-,26-25-,29-28-,32-31-,35-34-,38-37-,43-41-. The maximum absolute atomic E-state index is 12.8. The number of likely N-dealkylation sites (N-methyl/N-ethyl adjacent to an activating group) is 1. The summed E-state index contributed by atoms with van der Waals surface area (Å²) in [4.78, 5) is 37.0. The van der Waals surface area contributed by atoms with E-state index < -0.39 is 24.3 Å². The van der Waals surface area contributed by atoms with Crippen LogP contribution in [0.4, 0.5) is 0 Å². The number of carbonyl (C=O) groups is 3. The quantitative estimate of drug-likeness (QED) is 0.0195. The Balaban J connectivity index is 4.37. The molecule has 0 heterocycles. The highest BCUT2D eigenvalue weighted by molar-refractivity contribution is 5.70. The van der Waals surface area contributed by atoms with Crippen LogP contribution in [0.15, 0.2) is 134 Å². The normalized spacial score (nSPS) is 13.9. The minimum absolute atomic E-state index is 0.130. The fraction of sp³-hybridized carbons (Fsp3) is 0.583. The van der Waals surface area contributed by atoms with Gasteiger partial charge in [0, 0.05) is 12.8 Å². The molecule has 0 aliphatic heterocycles. The largest absolute Gasteiger partial charge is 0.545 e. The van der Waals surface area contributed by atoms with Crippen LogP contribution in [0.25, 0.3) is 0 Å². The van der Waals surface area contributed by atoms with Gasteiger partial charge in [0.25, 0.3) is 0 Å². The van der Waals surface area contributed by atoms with E-state index in [9.17, 15) is 19.5 Å². The molecule has 69 heavy (non-hydrogen) atoms. The van der Waals surface area contributed by atoms with Crippen molar-refractivity contribution in [3.05, 3.63) is 134 Å². The number of unbranched alkanes of at least 4 members (excludes halogenated alkanes) is 9. The molecule has 0 aromatic heterocycles. The van der Waals surface area contributed by atoms with Crippen molar-refractivity contribution in [2.24, 2.45) is 0 Å². The lowest BCUT2D eigenvalue weighted by Gasteiger charge is -2.26. The number of carbonyl (C=O) groups excluding carboxylic acids is 3. The van der Waals surface area contributed by atoms with E-state index in [-0.39, 0.29) is 38.6 Å². The highest BCUT2D eigenvalue weighted by Gasteiger charge is 2.21. The second-order valence-electron chi connectivity index (χ2n) is 18.1. The van der Waals surface area contributed by atoms with Gasteiger partial charge in [-0.15, -0.1) is 0 Å². The first kappa shape index (κ1) is 64.4. The van der Waals surface area contributed by atoms with Crippen molar-refractivity contribution in [3.63, 3.8) is 0 Å². The Labute approximate surface area is 420 Å². The van der Waals surface area contributed by atoms with E-state index in [2.05, 4.69) is 148 Å². The summed E-state index contributed by atoms with van der Waals surface area (Å²) >= 11 is 0. The molecule has 0 saturated carbocycles. The average Bonchev–Trinajstić information content (AvgIpc) is 3.31. The van der Waals surface area contributed by atoms with Crippen LogP contribution in [-0.2, 0) is 33.3 Å². The van der Waals surface area contributed by atoms with Gasteiger partial charge in [0.1, 0.15) is 13.2 Å². The fourth-order valence-electron chi connectivity index (χ4n) is 6.31. The van der Waals surface area contributed by atoms with Crippen molar-refractivity contribution in [3.8, 4) is 0 Å². The van der Waals surface area contributed by atoms with Crippen molar-refractivity contribution in [2.45, 2.75) is 180 Å². The lowest BCUT2D eigenvalue weighted by atomic mass is 10.1. The van der Waals surface area contributed by atoms with Crippen LogP contribution in [0.5, 0.6) is 0 Å². The maximum Gasteiger partial charge on any atom is 0.306 e. The molecule has 0 amide bonds. The minimum atomic E-state index is -1.64. The summed E-state index contributed by atoms with van der Waals surface area (Å²) in [7, 11) is 5.88. The second-order valence-corrected chi connectivity index (χ2v) is 18.1. The van der Waals surface area contributed by atoms with Crippen LogP contribution < -0.4 is 5.11 Å². The van der Waals surface area contributed by atoms with Gasteiger partial charge in [0.2, 0.25) is 0 Å². The van der Waals surface area contributed by atoms with E-state index in [1.54, 1.807) is 0 Å². The number of ether oxygens (including phenoxy) is 4. The molecule has 388 valence electrons. The molecule has 0 N–H and O–H groups in total. The molecule has 0 fully saturated rings. The predicted octanol–water partition coefficient (Wildman–Crippen LogP) is 13.8. The molecule has 0 radical (unpaired) electrons. The molecule has 0 aromatic rings. The molecular formula is C60H95NO8. The zero-order valence-corrected chi connectivity index (χ0v) is 43.9. The summed E-state index contributed by atoms with van der Waals surface area (Å²) in [5.41, 5.74) is 0. The highest BCUT2D eigenvalue weighted by atomic mass is 16.7. The van der Waals surface area contributed by atoms with E-state index in [4.69, 9.17) is 18.9 Å². The number of nitrogens with zero attached hydrogens (tertiary/aromatic N) is 1. The van der Waals surface area contributed by atoms with E-state index in [1.807, 2.05) is 21.1 Å². The topological polar surface area (TPSA) is 111 Å². The molecule has 0 aromatic carbocycles. The number of quaternary nitrogens is 1. The number of esters is 2. The van der Waals surface area contributed by atoms with Gasteiger partial charge >= 0.3 is 11.9 Å². The summed E-state index contributed by atoms with van der Waals surface area (Å²) in [6.45, 7) is 4.49. The van der Waals surface area contributed by atoms with Gasteiger partial charge in [-0.1, -0.05) is 180 Å². The van der Waals surface area contributed by atoms with E-state index in [0.29, 0.717) is 23.9 Å². The number of aliphatic carboxylic acids is 1. The molecule has 0 aliphatic carbocycles. The van der Waals surface area contributed by atoms with Gasteiger partial charge in [-0.2, -0.15) is 0 Å². The third kappa shape index (κ3) is 51.1. The first-order valence-corrected chi connectivity index (χ1v) is 26.3. The lowest BCUT2D eigenvalue weighted by Crippen LogP contribution is -2.44. The average molecular weight is 958 g/mol. The van der Waals surface area contributed by atoms with Gasteiger partial charge in [-0.25, -0.2) is 0 Å². The molecule has 2 atom stereocenters. The highest BCUT2D eigenvalue weighted by Crippen LogP contribution is 2.11. The Hall–Kier alpha value is -4.57. The van der Waals surface area contributed by atoms with Crippen LogP contribution >= 0.6 is 0 Å². The Morgan fingerprint density at radius 1 is 0.449 bits per heavy atom. The monoisotopic (exact) mass is 958 g/mol. The van der Waals surface area contributed by atoms with Crippen molar-refractivity contribution in [2.75, 3.05) is 47.5 Å². The van der Waals surface area contributed by atoms with Gasteiger partial charge in [0.05, 0.1) is 40.3 Å². The molecule has 0 aliphatic rings. The smallest absolute Gasteiger partial charge is 0.306 e. The Kier molecular flexibility index (Phi) is 46.5. The number of hydrogen-bond acceptors (Lipinski definition) is 8. The Morgan fingerprint density at radius 2 is 0.826 bits per heavy atom. The second kappa shape index (κ2) is 49.8.